The fourth-order valence-electron chi connectivity index (χ4n) is 2.06. The van der Waals surface area contributed by atoms with E-state index in [1.165, 1.54) is 25.0 Å². The minimum absolute atomic E-state index is 0.487. The average molecular weight is 258 g/mol. The Labute approximate surface area is 93.0 Å². The second kappa shape index (κ2) is 4.45. The van der Waals surface area contributed by atoms with Crippen LogP contribution < -0.4 is 5.32 Å². The monoisotopic (exact) mass is 257 g/mol. The van der Waals surface area contributed by atoms with Gasteiger partial charge in [0.25, 0.3) is 0 Å². The molecule has 1 aromatic heterocycles. The standard InChI is InChI=1S/C10H16BrN3/c1-2-14-10(8(11)7-13-14)9-5-3-4-6-12-9/h7,9,12H,2-6H2,1H3. The van der Waals surface area contributed by atoms with Crippen LogP contribution in [0.15, 0.2) is 10.7 Å². The van der Waals surface area contributed by atoms with Crippen molar-refractivity contribution in [2.24, 2.45) is 0 Å². The van der Waals surface area contributed by atoms with Crippen LogP contribution in [0.3, 0.4) is 0 Å². The van der Waals surface area contributed by atoms with Crippen LogP contribution in [0.5, 0.6) is 0 Å². The minimum Gasteiger partial charge on any atom is -0.309 e. The number of halogens is 1. The van der Waals surface area contributed by atoms with E-state index in [9.17, 15) is 0 Å². The fraction of sp³-hybridized carbons (Fsp3) is 0.700. The molecule has 0 aromatic carbocycles. The molecule has 0 bridgehead atoms. The molecule has 2 heterocycles. The molecular formula is C10H16BrN3. The molecule has 1 saturated heterocycles. The normalized spacial score (nSPS) is 22.6. The van der Waals surface area contributed by atoms with Gasteiger partial charge in [0, 0.05) is 6.54 Å². The Morgan fingerprint density at radius 3 is 3.14 bits per heavy atom. The molecule has 2 rings (SSSR count). The molecule has 78 valence electrons. The highest BCUT2D eigenvalue weighted by molar-refractivity contribution is 9.10. The number of nitrogens with zero attached hydrogens (tertiary/aromatic N) is 2. The highest BCUT2D eigenvalue weighted by Gasteiger charge is 2.20. The molecule has 0 spiro atoms. The Balaban J connectivity index is 2.23. The van der Waals surface area contributed by atoms with E-state index in [1.807, 2.05) is 6.20 Å². The van der Waals surface area contributed by atoms with Crippen molar-refractivity contribution in [2.45, 2.75) is 38.8 Å². The third-order valence-corrected chi connectivity index (χ3v) is 3.38. The molecule has 0 aliphatic carbocycles. The van der Waals surface area contributed by atoms with Crippen LogP contribution in [0.2, 0.25) is 0 Å². The highest BCUT2D eigenvalue weighted by atomic mass is 79.9. The van der Waals surface area contributed by atoms with Gasteiger partial charge in [-0.2, -0.15) is 5.10 Å². The van der Waals surface area contributed by atoms with Gasteiger partial charge in [-0.25, -0.2) is 0 Å². The summed E-state index contributed by atoms with van der Waals surface area (Å²) in [5.74, 6) is 0. The van der Waals surface area contributed by atoms with Gasteiger partial charge in [-0.05, 0) is 42.2 Å². The smallest absolute Gasteiger partial charge is 0.0695 e. The first-order valence-corrected chi connectivity index (χ1v) is 6.06. The molecule has 1 aromatic rings. The summed E-state index contributed by atoms with van der Waals surface area (Å²) in [5, 5.41) is 7.89. The van der Waals surface area contributed by atoms with Crippen molar-refractivity contribution in [3.63, 3.8) is 0 Å². The lowest BCUT2D eigenvalue weighted by atomic mass is 10.0. The van der Waals surface area contributed by atoms with Crippen LogP contribution in [0.4, 0.5) is 0 Å². The molecule has 1 aliphatic heterocycles. The van der Waals surface area contributed by atoms with Crippen LogP contribution in [0.1, 0.15) is 37.9 Å². The third-order valence-electron chi connectivity index (χ3n) is 2.77. The lowest BCUT2D eigenvalue weighted by Crippen LogP contribution is -2.29. The van der Waals surface area contributed by atoms with Gasteiger partial charge in [0.15, 0.2) is 0 Å². The van der Waals surface area contributed by atoms with Crippen molar-refractivity contribution in [1.82, 2.24) is 15.1 Å². The number of nitrogens with one attached hydrogen (secondary N) is 1. The summed E-state index contributed by atoms with van der Waals surface area (Å²) in [5.41, 5.74) is 1.31. The first kappa shape index (κ1) is 10.2. The maximum atomic E-state index is 4.34. The SMILES string of the molecule is CCn1ncc(Br)c1C1CCCCN1. The first-order valence-electron chi connectivity index (χ1n) is 5.27. The lowest BCUT2D eigenvalue weighted by molar-refractivity contribution is 0.387. The molecule has 0 amide bonds. The first-order chi connectivity index (χ1) is 6.83. The molecule has 1 fully saturated rings. The summed E-state index contributed by atoms with van der Waals surface area (Å²) >= 11 is 3.57. The number of aryl methyl sites for hydroxylation is 1. The second-order valence-corrected chi connectivity index (χ2v) is 4.55. The van der Waals surface area contributed by atoms with Gasteiger partial charge in [0.1, 0.15) is 0 Å². The molecule has 0 saturated carbocycles. The molecular weight excluding hydrogens is 242 g/mol. The Bertz CT molecular complexity index is 302. The largest absolute Gasteiger partial charge is 0.309 e. The number of hydrogen-bond acceptors (Lipinski definition) is 2. The third kappa shape index (κ3) is 1.86. The van der Waals surface area contributed by atoms with E-state index in [0.717, 1.165) is 17.6 Å². The van der Waals surface area contributed by atoms with Gasteiger partial charge in [-0.3, -0.25) is 4.68 Å². The van der Waals surface area contributed by atoms with Gasteiger partial charge in [0.2, 0.25) is 0 Å². The van der Waals surface area contributed by atoms with Crippen molar-refractivity contribution >= 4 is 15.9 Å². The van der Waals surface area contributed by atoms with Crippen molar-refractivity contribution in [3.05, 3.63) is 16.4 Å². The zero-order valence-corrected chi connectivity index (χ0v) is 10.0. The van der Waals surface area contributed by atoms with E-state index in [4.69, 9.17) is 0 Å². The predicted molar refractivity (Wildman–Crippen MR) is 60.2 cm³/mol. The van der Waals surface area contributed by atoms with E-state index in [0.29, 0.717) is 6.04 Å². The topological polar surface area (TPSA) is 29.9 Å². The van der Waals surface area contributed by atoms with E-state index < -0.39 is 0 Å². The van der Waals surface area contributed by atoms with Crippen molar-refractivity contribution in [1.29, 1.82) is 0 Å². The number of rotatable bonds is 2. The number of aromatic nitrogens is 2. The predicted octanol–water partition coefficient (Wildman–Crippen LogP) is 2.48. The Kier molecular flexibility index (Phi) is 3.23. The molecule has 3 nitrogen and oxygen atoms in total. The van der Waals surface area contributed by atoms with Gasteiger partial charge >= 0.3 is 0 Å². The second-order valence-electron chi connectivity index (χ2n) is 3.70. The van der Waals surface area contributed by atoms with Crippen LogP contribution in [0, 0.1) is 0 Å². The molecule has 1 aliphatic rings. The zero-order valence-electron chi connectivity index (χ0n) is 8.46. The quantitative estimate of drug-likeness (QED) is 0.883. The average Bonchev–Trinajstić information content (AvgIpc) is 2.61. The van der Waals surface area contributed by atoms with Gasteiger partial charge in [0.05, 0.1) is 22.4 Å². The Morgan fingerprint density at radius 1 is 1.64 bits per heavy atom. The summed E-state index contributed by atoms with van der Waals surface area (Å²) in [4.78, 5) is 0. The van der Waals surface area contributed by atoms with Gasteiger partial charge in [-0.1, -0.05) is 6.42 Å². The van der Waals surface area contributed by atoms with Crippen molar-refractivity contribution < 1.29 is 0 Å². The van der Waals surface area contributed by atoms with Crippen LogP contribution in [-0.2, 0) is 6.54 Å². The summed E-state index contributed by atoms with van der Waals surface area (Å²) in [7, 11) is 0. The number of piperidine rings is 1. The summed E-state index contributed by atoms with van der Waals surface area (Å²) in [6.45, 7) is 4.21. The Morgan fingerprint density at radius 2 is 2.50 bits per heavy atom. The van der Waals surface area contributed by atoms with Gasteiger partial charge in [-0.15, -0.1) is 0 Å². The van der Waals surface area contributed by atoms with Crippen molar-refractivity contribution in [3.8, 4) is 0 Å². The van der Waals surface area contributed by atoms with Crippen molar-refractivity contribution in [2.75, 3.05) is 6.54 Å². The van der Waals surface area contributed by atoms with E-state index in [1.54, 1.807) is 0 Å². The summed E-state index contributed by atoms with van der Waals surface area (Å²) < 4.78 is 3.21. The Hall–Kier alpha value is -0.350. The summed E-state index contributed by atoms with van der Waals surface area (Å²) in [6.07, 6.45) is 5.74. The summed E-state index contributed by atoms with van der Waals surface area (Å²) in [6, 6.07) is 0.487. The van der Waals surface area contributed by atoms with E-state index in [2.05, 4.69) is 38.0 Å². The maximum absolute atomic E-state index is 4.34. The number of hydrogen-bond donors (Lipinski definition) is 1. The highest BCUT2D eigenvalue weighted by Crippen LogP contribution is 2.28. The van der Waals surface area contributed by atoms with Crippen LogP contribution in [-0.4, -0.2) is 16.3 Å². The van der Waals surface area contributed by atoms with Crippen LogP contribution in [0.25, 0.3) is 0 Å². The maximum Gasteiger partial charge on any atom is 0.0695 e. The molecule has 0 radical (unpaired) electrons. The molecule has 4 heteroatoms. The molecule has 14 heavy (non-hydrogen) atoms. The molecule has 1 atom stereocenters. The minimum atomic E-state index is 0.487. The van der Waals surface area contributed by atoms with Gasteiger partial charge < -0.3 is 5.32 Å². The lowest BCUT2D eigenvalue weighted by Gasteiger charge is -2.24. The van der Waals surface area contributed by atoms with Crippen LogP contribution >= 0.6 is 15.9 Å². The molecule has 1 N–H and O–H groups in total. The van der Waals surface area contributed by atoms with E-state index in [-0.39, 0.29) is 0 Å². The fourth-order valence-corrected chi connectivity index (χ4v) is 2.63. The molecule has 1 unspecified atom stereocenters. The van der Waals surface area contributed by atoms with E-state index >= 15 is 0 Å². The zero-order chi connectivity index (χ0) is 9.97.